The van der Waals surface area contributed by atoms with Crippen molar-refractivity contribution in [2.45, 2.75) is 41.4 Å². The maximum atomic E-state index is 11.9. The van der Waals surface area contributed by atoms with Crippen LogP contribution in [-0.2, 0) is 38.5 Å². The van der Waals surface area contributed by atoms with Crippen molar-refractivity contribution in [1.82, 2.24) is 0 Å². The van der Waals surface area contributed by atoms with E-state index in [1.807, 2.05) is 0 Å². The van der Waals surface area contributed by atoms with Gasteiger partial charge in [-0.1, -0.05) is 0 Å². The number of hydrogen-bond acceptors (Lipinski definition) is 10. The SMILES string of the molecule is CC1(C)O[C@@H]2[C@@](COS(N)(=O)=O)(OC[C@@]3(O)[C@]2(O)S3(=O)=O)O1. The van der Waals surface area contributed by atoms with Crippen LogP contribution in [-0.4, -0.2) is 67.8 Å². The third-order valence-corrected chi connectivity index (χ3v) is 6.82. The van der Waals surface area contributed by atoms with Crippen molar-refractivity contribution < 1.29 is 45.4 Å². The van der Waals surface area contributed by atoms with Gasteiger partial charge in [0.1, 0.15) is 6.61 Å². The molecule has 3 rings (SSSR count). The topological polar surface area (TPSA) is 172 Å². The molecule has 22 heavy (non-hydrogen) atoms. The van der Waals surface area contributed by atoms with Crippen LogP contribution in [0, 0.1) is 0 Å². The van der Waals surface area contributed by atoms with Gasteiger partial charge in [0, 0.05) is 0 Å². The lowest BCUT2D eigenvalue weighted by atomic mass is 9.98. The standard InChI is InChI=1S/C9H15NO10S2/c1-6(2)19-5-7(20-6,3-18-22(10,15)16)17-4-8(11)9(5,12)21(8,13)14/h5,11-12H,3-4H2,1-2H3,(H2,10,15,16)/t5-,7+,8+,9-/m1/s1. The molecule has 0 aliphatic carbocycles. The van der Waals surface area contributed by atoms with Gasteiger partial charge in [-0.3, -0.25) is 4.18 Å². The summed E-state index contributed by atoms with van der Waals surface area (Å²) in [6.45, 7) is 1.10. The predicted octanol–water partition coefficient (Wildman–Crippen LogP) is -3.11. The number of sulfone groups is 1. The van der Waals surface area contributed by atoms with Crippen LogP contribution in [0.2, 0.25) is 0 Å². The monoisotopic (exact) mass is 361 g/mol. The Bertz CT molecular complexity index is 731. The van der Waals surface area contributed by atoms with Gasteiger partial charge in [-0.2, -0.15) is 8.42 Å². The predicted molar refractivity (Wildman–Crippen MR) is 66.6 cm³/mol. The zero-order chi connectivity index (χ0) is 16.8. The lowest BCUT2D eigenvalue weighted by Gasteiger charge is -2.37. The quantitative estimate of drug-likeness (QED) is 0.437. The van der Waals surface area contributed by atoms with Crippen LogP contribution in [0.15, 0.2) is 0 Å². The smallest absolute Gasteiger partial charge is 0.333 e. The highest BCUT2D eigenvalue weighted by atomic mass is 32.2. The first-order chi connectivity index (χ1) is 9.71. The molecule has 3 saturated heterocycles. The van der Waals surface area contributed by atoms with Gasteiger partial charge in [0.25, 0.3) is 0 Å². The molecular weight excluding hydrogens is 346 g/mol. The first kappa shape index (κ1) is 16.5. The molecule has 4 atom stereocenters. The summed E-state index contributed by atoms with van der Waals surface area (Å²) in [6.07, 6.45) is -1.72. The number of nitrogens with two attached hydrogens (primary N) is 1. The van der Waals surface area contributed by atoms with E-state index in [2.05, 4.69) is 4.18 Å². The zero-order valence-corrected chi connectivity index (χ0v) is 13.2. The molecule has 0 saturated carbocycles. The van der Waals surface area contributed by atoms with Crippen LogP contribution in [0.5, 0.6) is 0 Å². The van der Waals surface area contributed by atoms with E-state index in [1.165, 1.54) is 13.8 Å². The zero-order valence-electron chi connectivity index (χ0n) is 11.5. The molecular formula is C9H15NO10S2. The second-order valence-corrected chi connectivity index (χ2v) is 9.37. The van der Waals surface area contributed by atoms with E-state index in [0.717, 1.165) is 0 Å². The molecule has 13 heteroatoms. The summed E-state index contributed by atoms with van der Waals surface area (Å²) in [5.41, 5.74) is 0. The molecule has 0 aromatic carbocycles. The molecule has 128 valence electrons. The molecule has 0 aromatic heterocycles. The number of rotatable bonds is 3. The first-order valence-electron chi connectivity index (χ1n) is 6.09. The largest absolute Gasteiger partial charge is 0.369 e. The van der Waals surface area contributed by atoms with Crippen molar-refractivity contribution in [3.63, 3.8) is 0 Å². The highest BCUT2D eigenvalue weighted by Crippen LogP contribution is 2.64. The van der Waals surface area contributed by atoms with Gasteiger partial charge in [-0.15, -0.1) is 0 Å². The van der Waals surface area contributed by atoms with E-state index in [1.54, 1.807) is 0 Å². The molecule has 3 aliphatic rings. The van der Waals surface area contributed by atoms with Gasteiger partial charge in [0.05, 0.1) is 6.61 Å². The Kier molecular flexibility index (Phi) is 2.99. The van der Waals surface area contributed by atoms with E-state index in [9.17, 15) is 27.0 Å². The van der Waals surface area contributed by atoms with Crippen molar-refractivity contribution >= 4 is 20.1 Å². The minimum atomic E-state index is -4.39. The van der Waals surface area contributed by atoms with E-state index in [4.69, 9.17) is 19.3 Å². The number of hydrogen-bond donors (Lipinski definition) is 3. The fourth-order valence-corrected chi connectivity index (χ4v) is 5.17. The molecule has 3 fully saturated rings. The fourth-order valence-electron chi connectivity index (χ4n) is 2.86. The Morgan fingerprint density at radius 1 is 1.36 bits per heavy atom. The van der Waals surface area contributed by atoms with Crippen molar-refractivity contribution in [1.29, 1.82) is 0 Å². The van der Waals surface area contributed by atoms with Gasteiger partial charge in [0.15, 0.2) is 11.9 Å². The molecule has 3 heterocycles. The van der Waals surface area contributed by atoms with E-state index >= 15 is 0 Å². The van der Waals surface area contributed by atoms with E-state index in [0.29, 0.717) is 0 Å². The lowest BCUT2D eigenvalue weighted by Crippen LogP contribution is -2.61. The first-order valence-corrected chi connectivity index (χ1v) is 9.04. The Morgan fingerprint density at radius 2 is 1.95 bits per heavy atom. The number of aliphatic hydroxyl groups is 2. The van der Waals surface area contributed by atoms with Crippen LogP contribution >= 0.6 is 0 Å². The highest BCUT2D eigenvalue weighted by Gasteiger charge is 2.94. The third-order valence-electron chi connectivity index (χ3n) is 3.88. The highest BCUT2D eigenvalue weighted by molar-refractivity contribution is 8.01. The van der Waals surface area contributed by atoms with Gasteiger partial charge >= 0.3 is 10.3 Å². The van der Waals surface area contributed by atoms with E-state index in [-0.39, 0.29) is 0 Å². The normalized spacial score (nSPS) is 48.5. The maximum absolute atomic E-state index is 11.9. The molecule has 0 amide bonds. The van der Waals surface area contributed by atoms with Crippen molar-refractivity contribution in [2.75, 3.05) is 13.2 Å². The van der Waals surface area contributed by atoms with Gasteiger partial charge < -0.3 is 24.4 Å². The molecule has 0 aromatic rings. The summed E-state index contributed by atoms with van der Waals surface area (Å²) in [5, 5.41) is 25.1. The van der Waals surface area contributed by atoms with Crippen LogP contribution in [0.25, 0.3) is 0 Å². The van der Waals surface area contributed by atoms with Crippen LogP contribution < -0.4 is 5.14 Å². The summed E-state index contributed by atoms with van der Waals surface area (Å²) in [7, 11) is -8.77. The molecule has 0 radical (unpaired) electrons. The fraction of sp³-hybridized carbons (Fsp3) is 1.00. The number of fused-ring (bicyclic) bond motifs is 3. The summed E-state index contributed by atoms with van der Waals surface area (Å²) >= 11 is 0. The average molecular weight is 361 g/mol. The summed E-state index contributed by atoms with van der Waals surface area (Å²) in [6, 6.07) is 0. The second-order valence-electron chi connectivity index (χ2n) is 5.84. The van der Waals surface area contributed by atoms with Crippen molar-refractivity contribution in [3.8, 4) is 0 Å². The van der Waals surface area contributed by atoms with Crippen molar-refractivity contribution in [2.24, 2.45) is 5.14 Å². The minimum Gasteiger partial charge on any atom is -0.369 e. The second kappa shape index (κ2) is 3.99. The van der Waals surface area contributed by atoms with E-state index < -0.39 is 60.9 Å². The van der Waals surface area contributed by atoms with Crippen LogP contribution in [0.3, 0.4) is 0 Å². The minimum absolute atomic E-state index is 0.838. The summed E-state index contributed by atoms with van der Waals surface area (Å²) in [4.78, 5) is -5.23. The third kappa shape index (κ3) is 1.79. The Balaban J connectivity index is 2.03. The lowest BCUT2D eigenvalue weighted by molar-refractivity contribution is -0.301. The Hall–Kier alpha value is -0.380. The van der Waals surface area contributed by atoms with Crippen LogP contribution in [0.4, 0.5) is 0 Å². The van der Waals surface area contributed by atoms with Gasteiger partial charge in [-0.05, 0) is 13.8 Å². The van der Waals surface area contributed by atoms with Gasteiger partial charge in [-0.25, -0.2) is 13.6 Å². The molecule has 0 bridgehead atoms. The summed E-state index contributed by atoms with van der Waals surface area (Å²) in [5.74, 6) is -3.48. The maximum Gasteiger partial charge on any atom is 0.333 e. The molecule has 3 aliphatic heterocycles. The number of ether oxygens (including phenoxy) is 3. The Morgan fingerprint density at radius 3 is 2.50 bits per heavy atom. The average Bonchev–Trinajstić information content (AvgIpc) is 2.62. The Labute approximate surface area is 126 Å². The van der Waals surface area contributed by atoms with Gasteiger partial charge in [0.2, 0.25) is 25.5 Å². The molecule has 0 unspecified atom stereocenters. The van der Waals surface area contributed by atoms with Crippen LogP contribution in [0.1, 0.15) is 13.8 Å². The van der Waals surface area contributed by atoms with Crippen molar-refractivity contribution in [3.05, 3.63) is 0 Å². The molecule has 4 N–H and O–H groups in total. The molecule has 11 nitrogen and oxygen atoms in total. The molecule has 0 spiro atoms. The summed E-state index contributed by atoms with van der Waals surface area (Å²) < 4.78 is 66.2.